The molecule has 0 spiro atoms. The summed E-state index contributed by atoms with van der Waals surface area (Å²) in [5, 5.41) is 15.9. The number of hydrogen-bond acceptors (Lipinski definition) is 5. The van der Waals surface area contributed by atoms with E-state index < -0.39 is 6.04 Å². The van der Waals surface area contributed by atoms with E-state index in [1.54, 1.807) is 54.6 Å². The highest BCUT2D eigenvalue weighted by Crippen LogP contribution is 2.27. The van der Waals surface area contributed by atoms with Gasteiger partial charge in [0.25, 0.3) is 5.91 Å². The molecule has 7 nitrogen and oxygen atoms in total. The van der Waals surface area contributed by atoms with Crippen LogP contribution in [0.1, 0.15) is 42.5 Å². The van der Waals surface area contributed by atoms with Crippen LogP contribution in [0.5, 0.6) is 0 Å². The highest BCUT2D eigenvalue weighted by atomic mass is 35.5. The van der Waals surface area contributed by atoms with Crippen LogP contribution in [-0.4, -0.2) is 32.3 Å². The van der Waals surface area contributed by atoms with Crippen LogP contribution >= 0.6 is 35.0 Å². The van der Waals surface area contributed by atoms with Gasteiger partial charge in [0.05, 0.1) is 33.1 Å². The zero-order chi connectivity index (χ0) is 25.4. The fourth-order valence-corrected chi connectivity index (χ4v) is 4.59. The van der Waals surface area contributed by atoms with Gasteiger partial charge in [-0.3, -0.25) is 9.59 Å². The molecule has 2 amide bonds. The zero-order valence-electron chi connectivity index (χ0n) is 19.5. The Morgan fingerprint density at radius 1 is 1.09 bits per heavy atom. The Bertz CT molecular complexity index is 1200. The van der Waals surface area contributed by atoms with Crippen LogP contribution in [0.25, 0.3) is 0 Å². The number of nitrogens with one attached hydrogen (secondary N) is 2. The molecular formula is C25H27Cl2N5O2S. The highest BCUT2D eigenvalue weighted by molar-refractivity contribution is 7.99. The zero-order valence-corrected chi connectivity index (χ0v) is 21.8. The van der Waals surface area contributed by atoms with Crippen molar-refractivity contribution in [2.45, 2.75) is 38.0 Å². The monoisotopic (exact) mass is 531 g/mol. The van der Waals surface area contributed by atoms with Gasteiger partial charge in [-0.05, 0) is 36.6 Å². The van der Waals surface area contributed by atoms with Crippen molar-refractivity contribution in [3.05, 3.63) is 82.6 Å². The number of allylic oxidation sites excluding steroid dienone is 1. The van der Waals surface area contributed by atoms with Crippen LogP contribution in [-0.2, 0) is 11.3 Å². The maximum atomic E-state index is 13.0. The summed E-state index contributed by atoms with van der Waals surface area (Å²) in [6, 6.07) is 13.5. The average Bonchev–Trinajstić information content (AvgIpc) is 3.21. The second-order valence-corrected chi connectivity index (χ2v) is 9.95. The van der Waals surface area contributed by atoms with E-state index in [4.69, 9.17) is 23.2 Å². The molecule has 0 radical (unpaired) electrons. The summed E-state index contributed by atoms with van der Waals surface area (Å²) in [4.78, 5) is 25.5. The fourth-order valence-electron chi connectivity index (χ4n) is 3.43. The maximum absolute atomic E-state index is 13.0. The number of carbonyl (C=O) groups is 2. The van der Waals surface area contributed by atoms with Crippen LogP contribution in [0.4, 0.5) is 5.69 Å². The van der Waals surface area contributed by atoms with E-state index in [-0.39, 0.29) is 23.5 Å². The first-order valence-corrected chi connectivity index (χ1v) is 12.8. The molecule has 0 aliphatic heterocycles. The van der Waals surface area contributed by atoms with Gasteiger partial charge in [0.1, 0.15) is 0 Å². The molecule has 0 fully saturated rings. The Hall–Kier alpha value is -2.81. The summed E-state index contributed by atoms with van der Waals surface area (Å²) in [7, 11) is 0. The summed E-state index contributed by atoms with van der Waals surface area (Å²) in [5.41, 5.74) is 0.941. The van der Waals surface area contributed by atoms with E-state index in [1.807, 2.05) is 4.57 Å². The Morgan fingerprint density at radius 2 is 1.77 bits per heavy atom. The highest BCUT2D eigenvalue weighted by Gasteiger charge is 2.25. The van der Waals surface area contributed by atoms with Crippen LogP contribution in [0, 0.1) is 5.92 Å². The van der Waals surface area contributed by atoms with Crippen molar-refractivity contribution < 1.29 is 9.59 Å². The van der Waals surface area contributed by atoms with Crippen molar-refractivity contribution >= 4 is 52.5 Å². The average molecular weight is 532 g/mol. The molecule has 35 heavy (non-hydrogen) atoms. The molecule has 184 valence electrons. The second kappa shape index (κ2) is 12.8. The third-order valence-corrected chi connectivity index (χ3v) is 6.61. The van der Waals surface area contributed by atoms with E-state index >= 15 is 0 Å². The molecule has 0 unspecified atom stereocenters. The minimum Gasteiger partial charge on any atom is -0.342 e. The maximum Gasteiger partial charge on any atom is 0.253 e. The summed E-state index contributed by atoms with van der Waals surface area (Å²) >= 11 is 13.6. The lowest BCUT2D eigenvalue weighted by molar-refractivity contribution is -0.113. The van der Waals surface area contributed by atoms with Gasteiger partial charge in [-0.1, -0.05) is 79.2 Å². The lowest BCUT2D eigenvalue weighted by Crippen LogP contribution is -2.32. The molecule has 0 saturated heterocycles. The summed E-state index contributed by atoms with van der Waals surface area (Å²) < 4.78 is 1.86. The van der Waals surface area contributed by atoms with E-state index in [9.17, 15) is 9.59 Å². The number of halogens is 2. The SMILES string of the molecule is C=CCn1c(SCC(=O)Nc2ccccc2Cl)nnc1[C@@H](CC(C)C)NC(=O)c1ccccc1Cl. The number of nitrogens with zero attached hydrogens (tertiary/aromatic N) is 3. The molecule has 3 aromatic rings. The number of aromatic nitrogens is 3. The molecule has 10 heteroatoms. The number of benzene rings is 2. The quantitative estimate of drug-likeness (QED) is 0.233. The molecule has 1 aromatic heterocycles. The van der Waals surface area contributed by atoms with E-state index in [1.165, 1.54) is 11.8 Å². The van der Waals surface area contributed by atoms with Gasteiger partial charge in [-0.15, -0.1) is 16.8 Å². The minimum absolute atomic E-state index is 0.112. The van der Waals surface area contributed by atoms with Crippen LogP contribution in [0.2, 0.25) is 10.0 Å². The normalized spacial score (nSPS) is 11.8. The predicted molar refractivity (Wildman–Crippen MR) is 142 cm³/mol. The third-order valence-electron chi connectivity index (χ3n) is 4.98. The standard InChI is InChI=1S/C25H27Cl2N5O2S/c1-4-13-32-23(21(14-16(2)3)29-24(34)17-9-5-6-10-18(17)26)30-31-25(32)35-15-22(33)28-20-12-8-7-11-19(20)27/h4-12,16,21H,1,13-15H2,2-3H3,(H,28,33)(H,29,34)/t21-/m1/s1. The van der Waals surface area contributed by atoms with E-state index in [2.05, 4.69) is 41.3 Å². The Labute approximate surface area is 219 Å². The first-order valence-electron chi connectivity index (χ1n) is 11.1. The van der Waals surface area contributed by atoms with Crippen molar-refractivity contribution in [2.24, 2.45) is 5.92 Å². The molecule has 2 N–H and O–H groups in total. The first-order chi connectivity index (χ1) is 16.8. The van der Waals surface area contributed by atoms with Crippen molar-refractivity contribution in [1.82, 2.24) is 20.1 Å². The topological polar surface area (TPSA) is 88.9 Å². The molecule has 0 aliphatic carbocycles. The van der Waals surface area contributed by atoms with Crippen LogP contribution in [0.15, 0.2) is 66.3 Å². The molecule has 0 bridgehead atoms. The van der Waals surface area contributed by atoms with Crippen LogP contribution in [0.3, 0.4) is 0 Å². The van der Waals surface area contributed by atoms with E-state index in [0.29, 0.717) is 45.2 Å². The minimum atomic E-state index is -0.405. The fraction of sp³-hybridized carbons (Fsp3) is 0.280. The Balaban J connectivity index is 1.78. The summed E-state index contributed by atoms with van der Waals surface area (Å²) in [6.07, 6.45) is 2.37. The molecule has 2 aromatic carbocycles. The lowest BCUT2D eigenvalue weighted by Gasteiger charge is -2.21. The molecule has 1 heterocycles. The van der Waals surface area contributed by atoms with Gasteiger partial charge in [0.15, 0.2) is 11.0 Å². The lowest BCUT2D eigenvalue weighted by atomic mass is 10.0. The van der Waals surface area contributed by atoms with Crippen molar-refractivity contribution in [3.63, 3.8) is 0 Å². The molecule has 3 rings (SSSR count). The number of carbonyl (C=O) groups excluding carboxylic acids is 2. The smallest absolute Gasteiger partial charge is 0.253 e. The van der Waals surface area contributed by atoms with Crippen molar-refractivity contribution in [2.75, 3.05) is 11.1 Å². The molecule has 0 aliphatic rings. The van der Waals surface area contributed by atoms with Crippen molar-refractivity contribution in [1.29, 1.82) is 0 Å². The number of thioether (sulfide) groups is 1. The second-order valence-electron chi connectivity index (χ2n) is 8.19. The number of rotatable bonds is 11. The Kier molecular flexibility index (Phi) is 9.77. The Morgan fingerprint density at radius 3 is 2.43 bits per heavy atom. The van der Waals surface area contributed by atoms with Crippen molar-refractivity contribution in [3.8, 4) is 0 Å². The molecular weight excluding hydrogens is 505 g/mol. The van der Waals surface area contributed by atoms with Gasteiger partial charge >= 0.3 is 0 Å². The van der Waals surface area contributed by atoms with Gasteiger partial charge in [0.2, 0.25) is 5.91 Å². The predicted octanol–water partition coefficient (Wildman–Crippen LogP) is 6.02. The van der Waals surface area contributed by atoms with E-state index in [0.717, 1.165) is 0 Å². The van der Waals surface area contributed by atoms with Gasteiger partial charge in [0, 0.05) is 6.54 Å². The number of para-hydroxylation sites is 1. The first kappa shape index (κ1) is 26.8. The summed E-state index contributed by atoms with van der Waals surface area (Å²) in [5.74, 6) is 0.471. The number of hydrogen-bond donors (Lipinski definition) is 2. The summed E-state index contributed by atoms with van der Waals surface area (Å²) in [6.45, 7) is 8.39. The van der Waals surface area contributed by atoms with Crippen LogP contribution < -0.4 is 10.6 Å². The van der Waals surface area contributed by atoms with Gasteiger partial charge in [-0.2, -0.15) is 0 Å². The number of anilines is 1. The third kappa shape index (κ3) is 7.34. The van der Waals surface area contributed by atoms with Gasteiger partial charge < -0.3 is 15.2 Å². The van der Waals surface area contributed by atoms with Gasteiger partial charge in [-0.25, -0.2) is 0 Å². The molecule has 1 atom stereocenters. The number of amides is 2. The largest absolute Gasteiger partial charge is 0.342 e. The molecule has 0 saturated carbocycles.